The first-order valence-electron chi connectivity index (χ1n) is 3.60. The molecule has 13 heavy (non-hydrogen) atoms. The largest absolute Gasteiger partial charge is 1.00 e. The monoisotopic (exact) mass is 201 g/mol. The zero-order chi connectivity index (χ0) is 8.39. The van der Waals surface area contributed by atoms with Crippen molar-refractivity contribution in [3.63, 3.8) is 0 Å². The quantitative estimate of drug-likeness (QED) is 0.336. The first-order chi connectivity index (χ1) is 5.88. The summed E-state index contributed by atoms with van der Waals surface area (Å²) in [6, 6.07) is 9.29. The molecule has 0 saturated heterocycles. The van der Waals surface area contributed by atoms with Crippen molar-refractivity contribution in [3.05, 3.63) is 47.1 Å². The van der Waals surface area contributed by atoms with E-state index in [0.717, 1.165) is 9.61 Å². The first-order valence-corrected chi connectivity index (χ1v) is 4.48. The Bertz CT molecular complexity index is 380. The predicted molar refractivity (Wildman–Crippen MR) is 49.8 cm³/mol. The fraction of sp³-hybridized carbons (Fsp3) is 0. The summed E-state index contributed by atoms with van der Waals surface area (Å²) < 4.78 is 0.881. The van der Waals surface area contributed by atoms with Gasteiger partial charge in [-0.25, -0.2) is 0 Å². The van der Waals surface area contributed by atoms with Gasteiger partial charge in [-0.3, -0.25) is 0 Å². The molecule has 0 aliphatic heterocycles. The summed E-state index contributed by atoms with van der Waals surface area (Å²) in [7, 11) is 0. The fourth-order valence-electron chi connectivity index (χ4n) is 1.04. The van der Waals surface area contributed by atoms with Gasteiger partial charge in [0.05, 0.1) is 4.88 Å². The molecular formula is C9H8NNaOS. The molecule has 0 bridgehead atoms. The maximum absolute atomic E-state index is 11.2. The Morgan fingerprint density at radius 2 is 2.08 bits per heavy atom. The summed E-state index contributed by atoms with van der Waals surface area (Å²) in [5.74, 6) is 0. The number of pyridine rings is 1. The molecule has 0 fully saturated rings. The molecule has 0 unspecified atom stereocenters. The number of hydrogen-bond donors (Lipinski definition) is 0. The molecule has 0 atom stereocenters. The van der Waals surface area contributed by atoms with E-state index in [1.807, 2.05) is 29.6 Å². The van der Waals surface area contributed by atoms with E-state index in [1.54, 1.807) is 17.4 Å². The van der Waals surface area contributed by atoms with Crippen LogP contribution in [0.25, 0.3) is 10.6 Å². The van der Waals surface area contributed by atoms with Crippen molar-refractivity contribution in [3.8, 4) is 10.6 Å². The van der Waals surface area contributed by atoms with Crippen LogP contribution in [0.3, 0.4) is 0 Å². The summed E-state index contributed by atoms with van der Waals surface area (Å²) in [5, 5.41) is 13.2. The maximum atomic E-state index is 11.2. The van der Waals surface area contributed by atoms with Crippen molar-refractivity contribution in [1.29, 1.82) is 0 Å². The second-order valence-corrected chi connectivity index (χ2v) is 3.34. The third-order valence-corrected chi connectivity index (χ3v) is 2.49. The average Bonchev–Trinajstić information content (AvgIpc) is 2.57. The van der Waals surface area contributed by atoms with Gasteiger partial charge < -0.3 is 6.63 Å². The van der Waals surface area contributed by atoms with E-state index < -0.39 is 0 Å². The molecule has 0 spiro atoms. The molecule has 0 N–H and O–H groups in total. The summed E-state index contributed by atoms with van der Waals surface area (Å²) in [5.41, 5.74) is 0.715. The Kier molecular flexibility index (Phi) is 3.93. The topological polar surface area (TPSA) is 26.9 Å². The van der Waals surface area contributed by atoms with Gasteiger partial charge in [0.15, 0.2) is 6.20 Å². The van der Waals surface area contributed by atoms with Crippen LogP contribution in [-0.4, -0.2) is 0 Å². The minimum Gasteiger partial charge on any atom is -1.00 e. The van der Waals surface area contributed by atoms with Crippen LogP contribution in [0.1, 0.15) is 1.43 Å². The van der Waals surface area contributed by atoms with Crippen LogP contribution in [0.15, 0.2) is 41.9 Å². The zero-order valence-electron chi connectivity index (χ0n) is 8.31. The van der Waals surface area contributed by atoms with E-state index in [9.17, 15) is 5.21 Å². The molecule has 0 aromatic carbocycles. The van der Waals surface area contributed by atoms with E-state index in [2.05, 4.69) is 0 Å². The Morgan fingerprint density at radius 1 is 1.23 bits per heavy atom. The number of nitrogens with zero attached hydrogens (tertiary/aromatic N) is 1. The minimum absolute atomic E-state index is 0. The van der Waals surface area contributed by atoms with Crippen LogP contribution in [-0.2, 0) is 0 Å². The molecule has 2 heterocycles. The first kappa shape index (κ1) is 10.7. The number of rotatable bonds is 1. The standard InChI is InChI=1S/C9H7NOS.Na.H/c11-10-6-2-1-4-8(10)9-5-3-7-12-9;;/h1-7H;;/q;+1;-1. The van der Waals surface area contributed by atoms with E-state index >= 15 is 0 Å². The van der Waals surface area contributed by atoms with Crippen molar-refractivity contribution in [2.24, 2.45) is 0 Å². The molecule has 2 nitrogen and oxygen atoms in total. The van der Waals surface area contributed by atoms with Crippen LogP contribution in [0.5, 0.6) is 0 Å². The minimum atomic E-state index is 0. The van der Waals surface area contributed by atoms with Gasteiger partial charge in [0.2, 0.25) is 5.69 Å². The zero-order valence-corrected chi connectivity index (χ0v) is 10.1. The smallest absolute Gasteiger partial charge is 1.00 e. The van der Waals surface area contributed by atoms with Gasteiger partial charge in [0, 0.05) is 12.1 Å². The van der Waals surface area contributed by atoms with Gasteiger partial charge in [0.1, 0.15) is 0 Å². The summed E-state index contributed by atoms with van der Waals surface area (Å²) in [6.07, 6.45) is 1.51. The molecule has 4 heteroatoms. The molecule has 0 radical (unpaired) electrons. The summed E-state index contributed by atoms with van der Waals surface area (Å²) in [6.45, 7) is 0. The van der Waals surface area contributed by atoms with Crippen molar-refractivity contribution in [2.45, 2.75) is 0 Å². The maximum Gasteiger partial charge on any atom is 1.00 e. The molecule has 2 aromatic rings. The van der Waals surface area contributed by atoms with Crippen LogP contribution >= 0.6 is 11.3 Å². The number of thiophene rings is 1. The molecule has 0 saturated carbocycles. The van der Waals surface area contributed by atoms with Crippen LogP contribution in [0.2, 0.25) is 0 Å². The van der Waals surface area contributed by atoms with E-state index in [0.29, 0.717) is 5.69 Å². The molecule has 0 aliphatic rings. The fourth-order valence-corrected chi connectivity index (χ4v) is 1.78. The van der Waals surface area contributed by atoms with E-state index in [-0.39, 0.29) is 31.0 Å². The SMILES string of the molecule is [H-].[Na+].[O-][n+]1ccccc1-c1cccs1. The van der Waals surface area contributed by atoms with Gasteiger partial charge >= 0.3 is 29.6 Å². The average molecular weight is 201 g/mol. The third-order valence-electron chi connectivity index (χ3n) is 1.60. The van der Waals surface area contributed by atoms with Crippen LogP contribution in [0.4, 0.5) is 0 Å². The Hall–Kier alpha value is -0.350. The van der Waals surface area contributed by atoms with E-state index in [4.69, 9.17) is 0 Å². The second-order valence-electron chi connectivity index (χ2n) is 2.39. The molecule has 2 rings (SSSR count). The Morgan fingerprint density at radius 3 is 2.69 bits per heavy atom. The molecule has 0 aliphatic carbocycles. The van der Waals surface area contributed by atoms with Gasteiger partial charge in [-0.2, -0.15) is 4.73 Å². The van der Waals surface area contributed by atoms with Gasteiger partial charge in [-0.15, -0.1) is 11.3 Å². The third kappa shape index (κ3) is 2.31. The molecule has 0 amide bonds. The normalized spacial score (nSPS) is 9.23. The van der Waals surface area contributed by atoms with Crippen molar-refractivity contribution >= 4 is 11.3 Å². The second kappa shape index (κ2) is 4.77. The van der Waals surface area contributed by atoms with Gasteiger partial charge in [-0.05, 0) is 17.5 Å². The number of hydrogen-bond acceptors (Lipinski definition) is 2. The Balaban J connectivity index is 0.000000845. The summed E-state index contributed by atoms with van der Waals surface area (Å²) >= 11 is 1.57. The predicted octanol–water partition coefficient (Wildman–Crippen LogP) is -0.835. The van der Waals surface area contributed by atoms with Crippen LogP contribution < -0.4 is 34.3 Å². The molecular weight excluding hydrogens is 193 g/mol. The van der Waals surface area contributed by atoms with Crippen molar-refractivity contribution in [2.75, 3.05) is 0 Å². The number of aromatic nitrogens is 1. The Labute approximate surface area is 104 Å². The molecule has 62 valence electrons. The van der Waals surface area contributed by atoms with Crippen molar-refractivity contribution in [1.82, 2.24) is 0 Å². The van der Waals surface area contributed by atoms with Gasteiger partial charge in [-0.1, -0.05) is 6.07 Å². The van der Waals surface area contributed by atoms with Gasteiger partial charge in [0.25, 0.3) is 0 Å². The summed E-state index contributed by atoms with van der Waals surface area (Å²) in [4.78, 5) is 1.01. The van der Waals surface area contributed by atoms with Crippen LogP contribution in [0, 0.1) is 5.21 Å². The van der Waals surface area contributed by atoms with E-state index in [1.165, 1.54) is 6.20 Å². The van der Waals surface area contributed by atoms with Crippen molar-refractivity contribution < 1.29 is 35.7 Å². The molecule has 2 aromatic heterocycles.